The number of hydrogen-bond donors (Lipinski definition) is 0. The topological polar surface area (TPSA) is 143 Å². The summed E-state index contributed by atoms with van der Waals surface area (Å²) in [7, 11) is 0. The third kappa shape index (κ3) is 42.9. The molecule has 11 heavy (non-hydrogen) atoms. The maximum absolute atomic E-state index is 8.93. The summed E-state index contributed by atoms with van der Waals surface area (Å²) in [6.07, 6.45) is -2.33. The van der Waals surface area contributed by atoms with E-state index in [9.17, 15) is 0 Å². The van der Waals surface area contributed by atoms with Crippen molar-refractivity contribution in [2.24, 2.45) is 0 Å². The Morgan fingerprint density at radius 1 is 0.727 bits per heavy atom. The van der Waals surface area contributed by atoms with Gasteiger partial charge in [0.2, 0.25) is 0 Å². The predicted octanol–water partition coefficient (Wildman–Crippen LogP) is -5.96. The molecule has 0 aromatic carbocycles. The molecule has 0 amide bonds. The summed E-state index contributed by atoms with van der Waals surface area (Å²) in [5, 5.41) is 34.5. The standard InChI is InChI=1S/C2H2O4.CH2O3.Ce/c3-1(4)2(5)6;2-1(3)4;/h(H,3,4)(H,5,6);(H2,2,3,4);/q;;+3/p-4. The van der Waals surface area contributed by atoms with E-state index >= 15 is 0 Å². The van der Waals surface area contributed by atoms with Gasteiger partial charge in [-0.3, -0.25) is 0 Å². The van der Waals surface area contributed by atoms with Crippen molar-refractivity contribution in [3.8, 4) is 0 Å². The Morgan fingerprint density at radius 2 is 0.818 bits per heavy atom. The Balaban J connectivity index is -0.000000114. The Bertz CT molecular complexity index is 136. The van der Waals surface area contributed by atoms with Gasteiger partial charge >= 0.3 is 41.7 Å². The molecule has 0 aromatic rings. The first-order valence-corrected chi connectivity index (χ1v) is 1.68. The minimum absolute atomic E-state index is 0. The number of hydrogen-bond acceptors (Lipinski definition) is 7. The Kier molecular flexibility index (Phi) is 14.7. The van der Waals surface area contributed by atoms with E-state index in [2.05, 4.69) is 0 Å². The van der Waals surface area contributed by atoms with Crippen molar-refractivity contribution < 1.29 is 76.6 Å². The van der Waals surface area contributed by atoms with E-state index in [-0.39, 0.29) is 41.7 Å². The first-order chi connectivity index (χ1) is 4.37. The van der Waals surface area contributed by atoms with Crippen LogP contribution in [-0.4, -0.2) is 18.1 Å². The number of carboxylic acids is 2. The molecule has 8 heteroatoms. The molecule has 0 aliphatic heterocycles. The average molecular weight is 288 g/mol. The quantitative estimate of drug-likeness (QED) is 0.403. The summed E-state index contributed by atoms with van der Waals surface area (Å²) >= 11 is 0. The molecule has 0 spiro atoms. The molecule has 59 valence electrons. The minimum atomic E-state index is -2.33. The second-order valence-electron chi connectivity index (χ2n) is 0.825. The molecule has 0 saturated heterocycles. The minimum Gasteiger partial charge on any atom is -0.652 e. The molecular formula is C3CeO7-. The van der Waals surface area contributed by atoms with Crippen LogP contribution in [0.3, 0.4) is 0 Å². The Hall–Kier alpha value is -0.413. The molecule has 0 aromatic heterocycles. The normalized spacial score (nSPS) is 6.18. The molecule has 0 fully saturated rings. The summed E-state index contributed by atoms with van der Waals surface area (Å²) in [6, 6.07) is 0. The Labute approximate surface area is 94.0 Å². The molecule has 7 nitrogen and oxygen atoms in total. The van der Waals surface area contributed by atoms with Gasteiger partial charge in [-0.05, 0) is 6.16 Å². The predicted molar refractivity (Wildman–Crippen MR) is 15.4 cm³/mol. The van der Waals surface area contributed by atoms with E-state index in [4.69, 9.17) is 34.8 Å². The van der Waals surface area contributed by atoms with Crippen molar-refractivity contribution in [3.05, 3.63) is 0 Å². The summed E-state index contributed by atoms with van der Waals surface area (Å²) < 4.78 is 0. The third-order valence-electron chi connectivity index (χ3n) is 0.167. The molecular weight excluding hydrogens is 288 g/mol. The monoisotopic (exact) mass is 288 g/mol. The largest absolute Gasteiger partial charge is 3.00 e. The van der Waals surface area contributed by atoms with Crippen LogP contribution in [0.2, 0.25) is 0 Å². The van der Waals surface area contributed by atoms with Crippen LogP contribution in [0.25, 0.3) is 0 Å². The fourth-order valence-electron chi connectivity index (χ4n) is 0. The van der Waals surface area contributed by atoms with E-state index in [1.807, 2.05) is 0 Å². The van der Waals surface area contributed by atoms with Crippen LogP contribution in [0.1, 0.15) is 0 Å². The third-order valence-corrected chi connectivity index (χ3v) is 0.167. The van der Waals surface area contributed by atoms with Crippen LogP contribution in [0.5, 0.6) is 0 Å². The van der Waals surface area contributed by atoms with Gasteiger partial charge in [0.25, 0.3) is 0 Å². The molecule has 0 N–H and O–H groups in total. The van der Waals surface area contributed by atoms with Gasteiger partial charge in [0.05, 0.1) is 11.9 Å². The van der Waals surface area contributed by atoms with E-state index in [1.165, 1.54) is 0 Å². The van der Waals surface area contributed by atoms with Crippen molar-refractivity contribution in [3.63, 3.8) is 0 Å². The van der Waals surface area contributed by atoms with E-state index in [0.29, 0.717) is 0 Å². The molecule has 1 radical (unpaired) electrons. The van der Waals surface area contributed by atoms with Crippen LogP contribution in [-0.2, 0) is 9.59 Å². The molecule has 0 rings (SSSR count). The SMILES string of the molecule is O=C([O-])C(=O)[O-].O=C([O-])[O-].[Ce+3]. The first-order valence-electron chi connectivity index (χ1n) is 1.68. The number of carboxylic acid groups (broad SMARTS) is 4. The van der Waals surface area contributed by atoms with Crippen molar-refractivity contribution >= 4 is 18.1 Å². The molecule has 0 aliphatic carbocycles. The van der Waals surface area contributed by atoms with Crippen molar-refractivity contribution in [2.45, 2.75) is 0 Å². The van der Waals surface area contributed by atoms with Crippen LogP contribution >= 0.6 is 0 Å². The maximum Gasteiger partial charge on any atom is 3.00 e. The van der Waals surface area contributed by atoms with Crippen LogP contribution in [0.4, 0.5) is 4.79 Å². The van der Waals surface area contributed by atoms with Gasteiger partial charge in [0, 0.05) is 0 Å². The number of carbonyl (C=O) groups excluding carboxylic acids is 3. The van der Waals surface area contributed by atoms with Crippen molar-refractivity contribution in [1.29, 1.82) is 0 Å². The van der Waals surface area contributed by atoms with Gasteiger partial charge in [-0.2, -0.15) is 0 Å². The average Bonchev–Trinajstić information content (AvgIpc) is 1.63. The van der Waals surface area contributed by atoms with Crippen LogP contribution in [0, 0.1) is 41.7 Å². The summed E-state index contributed by atoms with van der Waals surface area (Å²) in [5.74, 6) is -4.37. The second kappa shape index (κ2) is 9.59. The van der Waals surface area contributed by atoms with E-state index < -0.39 is 18.1 Å². The fourth-order valence-corrected chi connectivity index (χ4v) is 0. The van der Waals surface area contributed by atoms with Crippen LogP contribution in [0.15, 0.2) is 0 Å². The summed E-state index contributed by atoms with van der Waals surface area (Å²) in [6.45, 7) is 0. The van der Waals surface area contributed by atoms with Gasteiger partial charge in [-0.15, -0.1) is 0 Å². The number of aliphatic carboxylic acids is 2. The molecule has 0 bridgehead atoms. The number of carbonyl (C=O) groups is 3. The maximum atomic E-state index is 8.93. The summed E-state index contributed by atoms with van der Waals surface area (Å²) in [4.78, 5) is 26.2. The van der Waals surface area contributed by atoms with Crippen molar-refractivity contribution in [1.82, 2.24) is 0 Å². The fraction of sp³-hybridized carbons (Fsp3) is 0. The molecule has 0 unspecified atom stereocenters. The van der Waals surface area contributed by atoms with Gasteiger partial charge in [0.1, 0.15) is 0 Å². The van der Waals surface area contributed by atoms with Gasteiger partial charge < -0.3 is 34.8 Å². The van der Waals surface area contributed by atoms with Crippen LogP contribution < -0.4 is 20.4 Å². The molecule has 0 aliphatic rings. The smallest absolute Gasteiger partial charge is 0.652 e. The zero-order chi connectivity index (χ0) is 8.73. The molecule has 0 atom stereocenters. The zero-order valence-corrected chi connectivity index (χ0v) is 8.00. The zero-order valence-electron chi connectivity index (χ0n) is 4.86. The molecule has 0 saturated carbocycles. The van der Waals surface area contributed by atoms with Gasteiger partial charge in [-0.25, -0.2) is 0 Å². The van der Waals surface area contributed by atoms with E-state index in [0.717, 1.165) is 0 Å². The Morgan fingerprint density at radius 3 is 0.818 bits per heavy atom. The number of rotatable bonds is 0. The van der Waals surface area contributed by atoms with Gasteiger partial charge in [-0.1, -0.05) is 0 Å². The second-order valence-corrected chi connectivity index (χ2v) is 0.825. The van der Waals surface area contributed by atoms with Gasteiger partial charge in [0.15, 0.2) is 0 Å². The van der Waals surface area contributed by atoms with E-state index in [1.54, 1.807) is 0 Å². The van der Waals surface area contributed by atoms with Crippen molar-refractivity contribution in [2.75, 3.05) is 0 Å². The molecule has 0 heterocycles. The summed E-state index contributed by atoms with van der Waals surface area (Å²) in [5.41, 5.74) is 0. The first kappa shape index (κ1) is 16.9.